The van der Waals surface area contributed by atoms with Crippen LogP contribution in [0.5, 0.6) is 0 Å². The molecule has 108 valence electrons. The van der Waals surface area contributed by atoms with Gasteiger partial charge in [0.15, 0.2) is 0 Å². The number of rotatable bonds is 3. The minimum absolute atomic E-state index is 0.310. The molecule has 1 heterocycles. The number of ether oxygens (including phenoxy) is 1. The number of morpholine rings is 1. The summed E-state index contributed by atoms with van der Waals surface area (Å²) < 4.78 is 5.81. The third-order valence-corrected chi connectivity index (χ3v) is 4.61. The molecule has 0 aromatic carbocycles. The van der Waals surface area contributed by atoms with E-state index in [1.165, 1.54) is 0 Å². The number of nitrogens with one attached hydrogen (secondary N) is 1. The predicted molar refractivity (Wildman–Crippen MR) is 75.6 cm³/mol. The molecule has 0 radical (unpaired) electrons. The minimum atomic E-state index is 0.310. The van der Waals surface area contributed by atoms with Gasteiger partial charge < -0.3 is 10.1 Å². The number of hydrogen-bond acceptors (Lipinski definition) is 3. The van der Waals surface area contributed by atoms with Crippen molar-refractivity contribution in [2.45, 2.75) is 52.4 Å². The Hall–Kier alpha value is -0.870. The van der Waals surface area contributed by atoms with Crippen molar-refractivity contribution in [1.82, 2.24) is 10.2 Å². The van der Waals surface area contributed by atoms with E-state index in [2.05, 4.69) is 44.0 Å². The molecule has 1 fully saturated rings. The zero-order valence-corrected chi connectivity index (χ0v) is 12.4. The van der Waals surface area contributed by atoms with Gasteiger partial charge in [0.05, 0.1) is 12.2 Å². The SMILES string of the molecule is CC1C(NC=O)=CC[C@H](N2C[C@@H](C)O[C@@H](C)C2)[C@@H]1C. The van der Waals surface area contributed by atoms with Crippen LogP contribution in [0.3, 0.4) is 0 Å². The van der Waals surface area contributed by atoms with Crippen LogP contribution in [-0.2, 0) is 9.53 Å². The van der Waals surface area contributed by atoms with E-state index in [0.29, 0.717) is 30.1 Å². The van der Waals surface area contributed by atoms with Crippen molar-refractivity contribution in [2.75, 3.05) is 13.1 Å². The fourth-order valence-corrected chi connectivity index (χ4v) is 3.49. The second-order valence-corrected chi connectivity index (χ2v) is 6.08. The van der Waals surface area contributed by atoms with E-state index in [0.717, 1.165) is 31.6 Å². The van der Waals surface area contributed by atoms with Crippen LogP contribution in [0.4, 0.5) is 0 Å². The number of carbonyl (C=O) groups excluding carboxylic acids is 1. The van der Waals surface area contributed by atoms with Crippen molar-refractivity contribution in [3.63, 3.8) is 0 Å². The van der Waals surface area contributed by atoms with Crippen LogP contribution in [0, 0.1) is 11.8 Å². The van der Waals surface area contributed by atoms with Gasteiger partial charge >= 0.3 is 0 Å². The number of carbonyl (C=O) groups is 1. The highest BCUT2D eigenvalue weighted by Gasteiger charge is 2.35. The highest BCUT2D eigenvalue weighted by molar-refractivity contribution is 5.50. The predicted octanol–water partition coefficient (Wildman–Crippen LogP) is 1.77. The molecule has 0 spiro atoms. The van der Waals surface area contributed by atoms with Crippen LogP contribution in [0.1, 0.15) is 34.1 Å². The lowest BCUT2D eigenvalue weighted by Crippen LogP contribution is -2.53. The third-order valence-electron chi connectivity index (χ3n) is 4.61. The second kappa shape index (κ2) is 6.06. The zero-order valence-electron chi connectivity index (χ0n) is 12.4. The Labute approximate surface area is 116 Å². The Bertz CT molecular complexity index is 346. The first-order valence-electron chi connectivity index (χ1n) is 7.32. The molecule has 4 heteroatoms. The maximum Gasteiger partial charge on any atom is 0.211 e. The fraction of sp³-hybridized carbons (Fsp3) is 0.800. The molecule has 2 rings (SSSR count). The van der Waals surface area contributed by atoms with Crippen molar-refractivity contribution in [2.24, 2.45) is 11.8 Å². The Kier molecular flexibility index (Phi) is 4.63. The van der Waals surface area contributed by atoms with Gasteiger partial charge in [-0.05, 0) is 32.1 Å². The molecular formula is C15H26N2O2. The van der Waals surface area contributed by atoms with Gasteiger partial charge in [-0.3, -0.25) is 9.69 Å². The average molecular weight is 266 g/mol. The summed E-state index contributed by atoms with van der Waals surface area (Å²) in [6.07, 6.45) is 4.61. The lowest BCUT2D eigenvalue weighted by molar-refractivity contribution is -0.109. The number of hydrogen-bond donors (Lipinski definition) is 1. The normalized spacial score (nSPS) is 40.6. The highest BCUT2D eigenvalue weighted by atomic mass is 16.5. The summed E-state index contributed by atoms with van der Waals surface area (Å²) in [6.45, 7) is 10.8. The summed E-state index contributed by atoms with van der Waals surface area (Å²) >= 11 is 0. The zero-order chi connectivity index (χ0) is 14.0. The number of amides is 1. The molecule has 1 unspecified atom stereocenters. The van der Waals surface area contributed by atoms with E-state index in [4.69, 9.17) is 4.74 Å². The molecule has 1 aliphatic heterocycles. The van der Waals surface area contributed by atoms with Gasteiger partial charge in [-0.15, -0.1) is 0 Å². The van der Waals surface area contributed by atoms with Gasteiger partial charge in [0.25, 0.3) is 0 Å². The first-order valence-corrected chi connectivity index (χ1v) is 7.32. The molecule has 2 aliphatic rings. The first-order chi connectivity index (χ1) is 9.02. The molecule has 0 saturated carbocycles. The monoisotopic (exact) mass is 266 g/mol. The Morgan fingerprint density at radius 1 is 1.26 bits per heavy atom. The summed E-state index contributed by atoms with van der Waals surface area (Å²) in [6, 6.07) is 0.556. The molecule has 1 saturated heterocycles. The van der Waals surface area contributed by atoms with Crippen molar-refractivity contribution >= 4 is 6.41 Å². The quantitative estimate of drug-likeness (QED) is 0.792. The van der Waals surface area contributed by atoms with Crippen LogP contribution < -0.4 is 5.32 Å². The summed E-state index contributed by atoms with van der Waals surface area (Å²) in [4.78, 5) is 13.2. The smallest absolute Gasteiger partial charge is 0.211 e. The lowest BCUT2D eigenvalue weighted by atomic mass is 9.79. The van der Waals surface area contributed by atoms with Crippen LogP contribution in [0.15, 0.2) is 11.8 Å². The van der Waals surface area contributed by atoms with Gasteiger partial charge in [-0.1, -0.05) is 19.9 Å². The van der Waals surface area contributed by atoms with Crippen molar-refractivity contribution < 1.29 is 9.53 Å². The summed E-state index contributed by atoms with van der Waals surface area (Å²) in [5.74, 6) is 0.947. The van der Waals surface area contributed by atoms with E-state index >= 15 is 0 Å². The molecule has 19 heavy (non-hydrogen) atoms. The Balaban J connectivity index is 2.07. The summed E-state index contributed by atoms with van der Waals surface area (Å²) in [5, 5.41) is 2.84. The summed E-state index contributed by atoms with van der Waals surface area (Å²) in [5.41, 5.74) is 1.08. The third kappa shape index (κ3) is 3.18. The van der Waals surface area contributed by atoms with E-state index in [9.17, 15) is 4.79 Å². The highest BCUT2D eigenvalue weighted by Crippen LogP contribution is 2.33. The molecule has 1 aliphatic carbocycles. The lowest BCUT2D eigenvalue weighted by Gasteiger charge is -2.45. The largest absolute Gasteiger partial charge is 0.373 e. The minimum Gasteiger partial charge on any atom is -0.373 e. The molecule has 0 aromatic heterocycles. The number of allylic oxidation sites excluding steroid dienone is 1. The molecule has 0 bridgehead atoms. The van der Waals surface area contributed by atoms with E-state index in [-0.39, 0.29) is 0 Å². The van der Waals surface area contributed by atoms with Gasteiger partial charge in [0.2, 0.25) is 6.41 Å². The van der Waals surface area contributed by atoms with Crippen LogP contribution in [0.25, 0.3) is 0 Å². The van der Waals surface area contributed by atoms with Crippen molar-refractivity contribution in [3.8, 4) is 0 Å². The van der Waals surface area contributed by atoms with Gasteiger partial charge in [-0.2, -0.15) is 0 Å². The Morgan fingerprint density at radius 3 is 2.47 bits per heavy atom. The fourth-order valence-electron chi connectivity index (χ4n) is 3.49. The van der Waals surface area contributed by atoms with Crippen molar-refractivity contribution in [3.05, 3.63) is 11.8 Å². The van der Waals surface area contributed by atoms with E-state index in [1.807, 2.05) is 0 Å². The molecule has 1 amide bonds. The van der Waals surface area contributed by atoms with Crippen LogP contribution in [-0.4, -0.2) is 42.6 Å². The van der Waals surface area contributed by atoms with Crippen LogP contribution >= 0.6 is 0 Å². The van der Waals surface area contributed by atoms with E-state index in [1.54, 1.807) is 0 Å². The molecule has 4 nitrogen and oxygen atoms in total. The van der Waals surface area contributed by atoms with Gasteiger partial charge in [0, 0.05) is 24.8 Å². The van der Waals surface area contributed by atoms with Crippen molar-refractivity contribution in [1.29, 1.82) is 0 Å². The molecule has 0 aromatic rings. The topological polar surface area (TPSA) is 41.6 Å². The number of nitrogens with zero attached hydrogens (tertiary/aromatic N) is 1. The average Bonchev–Trinajstić information content (AvgIpc) is 2.34. The Morgan fingerprint density at radius 2 is 1.89 bits per heavy atom. The summed E-state index contributed by atoms with van der Waals surface area (Å²) in [7, 11) is 0. The van der Waals surface area contributed by atoms with Gasteiger partial charge in [-0.25, -0.2) is 0 Å². The standard InChI is InChI=1S/C15H26N2O2/c1-10-7-17(8-11(2)19-10)15-6-5-14(16-9-18)12(3)13(15)4/h5,9-13,15H,6-8H2,1-4H3,(H,16,18)/t10-,11+,12?,13-,15+/m1/s1. The maximum absolute atomic E-state index is 10.6. The second-order valence-electron chi connectivity index (χ2n) is 6.08. The van der Waals surface area contributed by atoms with Crippen LogP contribution in [0.2, 0.25) is 0 Å². The molecule has 1 N–H and O–H groups in total. The van der Waals surface area contributed by atoms with Gasteiger partial charge in [0.1, 0.15) is 0 Å². The first kappa shape index (κ1) is 14.5. The molecular weight excluding hydrogens is 240 g/mol. The maximum atomic E-state index is 10.6. The molecule has 5 atom stereocenters. The van der Waals surface area contributed by atoms with E-state index < -0.39 is 0 Å².